The van der Waals surface area contributed by atoms with Gasteiger partial charge in [0.15, 0.2) is 0 Å². The molecule has 1 N–H and O–H groups in total. The molecule has 0 aliphatic carbocycles. The average molecular weight is 290 g/mol. The third kappa shape index (κ3) is 3.14. The van der Waals surface area contributed by atoms with Crippen molar-refractivity contribution in [3.63, 3.8) is 0 Å². The van der Waals surface area contributed by atoms with Gasteiger partial charge in [0.25, 0.3) is 0 Å². The lowest BCUT2D eigenvalue weighted by Crippen LogP contribution is -2.23. The van der Waals surface area contributed by atoms with Gasteiger partial charge < -0.3 is 10.1 Å². The van der Waals surface area contributed by atoms with Crippen molar-refractivity contribution in [2.75, 3.05) is 13.7 Å². The van der Waals surface area contributed by atoms with E-state index in [1.165, 1.54) is 11.1 Å². The van der Waals surface area contributed by atoms with Crippen LogP contribution in [0.4, 0.5) is 0 Å². The van der Waals surface area contributed by atoms with E-state index in [0.29, 0.717) is 0 Å². The van der Waals surface area contributed by atoms with E-state index >= 15 is 0 Å². The lowest BCUT2D eigenvalue weighted by molar-refractivity contribution is 0.404. The summed E-state index contributed by atoms with van der Waals surface area (Å²) in [6.45, 7) is 5.07. The number of benzene rings is 2. The molecule has 0 saturated heterocycles. The Morgan fingerprint density at radius 2 is 1.90 bits per heavy atom. The van der Waals surface area contributed by atoms with Crippen LogP contribution in [-0.2, 0) is 0 Å². The third-order valence-electron chi connectivity index (χ3n) is 3.41. The number of ether oxygens (including phenoxy) is 1. The minimum absolute atomic E-state index is 0.0786. The van der Waals surface area contributed by atoms with Crippen LogP contribution in [0.25, 0.3) is 0 Å². The molecule has 2 nitrogen and oxygen atoms in total. The minimum atomic E-state index is 0.0786. The summed E-state index contributed by atoms with van der Waals surface area (Å²) in [5, 5.41) is 4.27. The number of nitrogens with one attached hydrogen (secondary N) is 1. The quantitative estimate of drug-likeness (QED) is 0.883. The molecule has 0 heterocycles. The minimum Gasteiger partial charge on any atom is -0.496 e. The van der Waals surface area contributed by atoms with Crippen molar-refractivity contribution in [3.8, 4) is 5.75 Å². The maximum atomic E-state index is 6.16. The Balaban J connectivity index is 2.53. The predicted molar refractivity (Wildman–Crippen MR) is 84.7 cm³/mol. The number of aryl methyl sites for hydroxylation is 1. The first-order valence-electron chi connectivity index (χ1n) is 6.79. The van der Waals surface area contributed by atoms with Gasteiger partial charge in [0, 0.05) is 10.6 Å². The molecule has 3 heteroatoms. The Hall–Kier alpha value is -1.51. The van der Waals surface area contributed by atoms with Gasteiger partial charge in [0.1, 0.15) is 5.75 Å². The molecule has 0 amide bonds. The van der Waals surface area contributed by atoms with Crippen molar-refractivity contribution >= 4 is 11.6 Å². The molecule has 2 aromatic carbocycles. The largest absolute Gasteiger partial charge is 0.496 e. The van der Waals surface area contributed by atoms with Crippen molar-refractivity contribution in [2.24, 2.45) is 0 Å². The lowest BCUT2D eigenvalue weighted by Gasteiger charge is -2.23. The van der Waals surface area contributed by atoms with Crippen molar-refractivity contribution in [1.82, 2.24) is 5.32 Å². The molecule has 2 rings (SSSR count). The van der Waals surface area contributed by atoms with Gasteiger partial charge in [-0.15, -0.1) is 0 Å². The summed E-state index contributed by atoms with van der Waals surface area (Å²) < 4.78 is 5.49. The molecule has 1 unspecified atom stereocenters. The van der Waals surface area contributed by atoms with Gasteiger partial charge in [-0.25, -0.2) is 0 Å². The molecule has 0 fully saturated rings. The fourth-order valence-corrected chi connectivity index (χ4v) is 2.60. The molecule has 0 aliphatic rings. The molecule has 0 bridgehead atoms. The first kappa shape index (κ1) is 14.9. The standard InChI is InChI=1S/C17H20ClNO/c1-4-19-17(14-7-5-6-8-16(14)20-3)15-11-13(18)10-9-12(15)2/h5-11,17,19H,4H2,1-3H3. The monoisotopic (exact) mass is 289 g/mol. The normalized spacial score (nSPS) is 12.2. The van der Waals surface area contributed by atoms with Crippen LogP contribution in [0.5, 0.6) is 5.75 Å². The Morgan fingerprint density at radius 3 is 2.60 bits per heavy atom. The van der Waals surface area contributed by atoms with Crippen LogP contribution in [0.1, 0.15) is 29.7 Å². The van der Waals surface area contributed by atoms with E-state index in [1.54, 1.807) is 7.11 Å². The second kappa shape index (κ2) is 6.78. The fraction of sp³-hybridized carbons (Fsp3) is 0.294. The molecule has 106 valence electrons. The van der Waals surface area contributed by atoms with Crippen LogP contribution >= 0.6 is 11.6 Å². The third-order valence-corrected chi connectivity index (χ3v) is 3.65. The Labute approximate surface area is 125 Å². The summed E-state index contributed by atoms with van der Waals surface area (Å²) in [5.74, 6) is 0.887. The summed E-state index contributed by atoms with van der Waals surface area (Å²) in [6, 6.07) is 14.2. The summed E-state index contributed by atoms with van der Waals surface area (Å²) in [4.78, 5) is 0. The highest BCUT2D eigenvalue weighted by atomic mass is 35.5. The molecule has 2 aromatic rings. The van der Waals surface area contributed by atoms with Gasteiger partial charge >= 0.3 is 0 Å². The predicted octanol–water partition coefficient (Wildman–Crippen LogP) is 4.36. The van der Waals surface area contributed by atoms with Crippen molar-refractivity contribution < 1.29 is 4.74 Å². The van der Waals surface area contributed by atoms with E-state index in [2.05, 4.69) is 31.3 Å². The molecule has 20 heavy (non-hydrogen) atoms. The van der Waals surface area contributed by atoms with Crippen molar-refractivity contribution in [3.05, 3.63) is 64.2 Å². The number of methoxy groups -OCH3 is 1. The van der Waals surface area contributed by atoms with Crippen molar-refractivity contribution in [1.29, 1.82) is 0 Å². The lowest BCUT2D eigenvalue weighted by atomic mass is 9.94. The second-order valence-corrected chi connectivity index (χ2v) is 5.17. The first-order valence-corrected chi connectivity index (χ1v) is 7.17. The van der Waals surface area contributed by atoms with E-state index in [-0.39, 0.29) is 6.04 Å². The van der Waals surface area contributed by atoms with Gasteiger partial charge in [-0.05, 0) is 42.8 Å². The van der Waals surface area contributed by atoms with Crippen LogP contribution in [0, 0.1) is 6.92 Å². The van der Waals surface area contributed by atoms with E-state index in [1.807, 2.05) is 30.3 Å². The number of hydrogen-bond acceptors (Lipinski definition) is 2. The van der Waals surface area contributed by atoms with Gasteiger partial charge in [-0.2, -0.15) is 0 Å². The zero-order chi connectivity index (χ0) is 14.5. The Kier molecular flexibility index (Phi) is 5.05. The molecule has 0 aromatic heterocycles. The van der Waals surface area contributed by atoms with Crippen LogP contribution in [0.3, 0.4) is 0 Å². The van der Waals surface area contributed by atoms with E-state index < -0.39 is 0 Å². The first-order chi connectivity index (χ1) is 9.67. The van der Waals surface area contributed by atoms with Crippen LogP contribution in [-0.4, -0.2) is 13.7 Å². The molecule has 0 saturated carbocycles. The second-order valence-electron chi connectivity index (χ2n) is 4.73. The fourth-order valence-electron chi connectivity index (χ4n) is 2.42. The van der Waals surface area contributed by atoms with Crippen LogP contribution in [0.15, 0.2) is 42.5 Å². The molecular weight excluding hydrogens is 270 g/mol. The van der Waals surface area contributed by atoms with E-state index in [0.717, 1.165) is 22.9 Å². The number of rotatable bonds is 5. The van der Waals surface area contributed by atoms with E-state index in [9.17, 15) is 0 Å². The maximum absolute atomic E-state index is 6.16. The number of para-hydroxylation sites is 1. The number of hydrogen-bond donors (Lipinski definition) is 1. The Morgan fingerprint density at radius 1 is 1.15 bits per heavy atom. The molecule has 1 atom stereocenters. The van der Waals surface area contributed by atoms with Crippen LogP contribution in [0.2, 0.25) is 5.02 Å². The highest BCUT2D eigenvalue weighted by Crippen LogP contribution is 2.32. The number of halogens is 1. The topological polar surface area (TPSA) is 21.3 Å². The van der Waals surface area contributed by atoms with Gasteiger partial charge in [0.05, 0.1) is 13.2 Å². The summed E-state index contributed by atoms with van der Waals surface area (Å²) >= 11 is 6.16. The average Bonchev–Trinajstić information content (AvgIpc) is 2.47. The zero-order valence-corrected chi connectivity index (χ0v) is 12.9. The zero-order valence-electron chi connectivity index (χ0n) is 12.1. The summed E-state index contributed by atoms with van der Waals surface area (Å²) in [6.07, 6.45) is 0. The van der Waals surface area contributed by atoms with Gasteiger partial charge in [-0.3, -0.25) is 0 Å². The maximum Gasteiger partial charge on any atom is 0.123 e. The van der Waals surface area contributed by atoms with Crippen molar-refractivity contribution in [2.45, 2.75) is 19.9 Å². The molecular formula is C17H20ClNO. The highest BCUT2D eigenvalue weighted by molar-refractivity contribution is 6.30. The molecule has 0 spiro atoms. The summed E-state index contributed by atoms with van der Waals surface area (Å²) in [7, 11) is 1.70. The summed E-state index contributed by atoms with van der Waals surface area (Å²) in [5.41, 5.74) is 3.53. The SMILES string of the molecule is CCNC(c1cc(Cl)ccc1C)c1ccccc1OC. The van der Waals surface area contributed by atoms with Gasteiger partial charge in [0.2, 0.25) is 0 Å². The van der Waals surface area contributed by atoms with E-state index in [4.69, 9.17) is 16.3 Å². The highest BCUT2D eigenvalue weighted by Gasteiger charge is 2.19. The van der Waals surface area contributed by atoms with Crippen LogP contribution < -0.4 is 10.1 Å². The van der Waals surface area contributed by atoms with Gasteiger partial charge in [-0.1, -0.05) is 42.8 Å². The smallest absolute Gasteiger partial charge is 0.123 e. The molecule has 0 radical (unpaired) electrons. The molecule has 0 aliphatic heterocycles. The Bertz CT molecular complexity index is 583.